The van der Waals surface area contributed by atoms with Gasteiger partial charge in [-0.2, -0.15) is 8.42 Å². The number of rotatable bonds is 24. The maximum atomic E-state index is 11.4. The minimum absolute atomic E-state index is 0.282. The monoisotopic (exact) mass is 472 g/mol. The minimum atomic E-state index is -2.19. The second-order valence-electron chi connectivity index (χ2n) is 9.49. The topological polar surface area (TPSA) is 58.2 Å². The molecule has 0 aromatic heterocycles. The summed E-state index contributed by atoms with van der Waals surface area (Å²) in [5, 5.41) is 6.45. The smallest absolute Gasteiger partial charge is 0.244 e. The second kappa shape index (κ2) is 26.9. The van der Waals surface area contributed by atoms with Crippen molar-refractivity contribution in [2.75, 3.05) is 13.1 Å². The molecule has 0 atom stereocenters. The molecule has 32 heavy (non-hydrogen) atoms. The van der Waals surface area contributed by atoms with Crippen molar-refractivity contribution in [1.82, 2.24) is 10.6 Å². The minimum Gasteiger partial charge on any atom is -0.266 e. The van der Waals surface area contributed by atoms with E-state index in [2.05, 4.69) is 24.5 Å². The van der Waals surface area contributed by atoms with Crippen molar-refractivity contribution < 1.29 is 8.42 Å². The Kier molecular flexibility index (Phi) is 26.5. The average Bonchev–Trinajstić information content (AvgIpc) is 2.78. The van der Waals surface area contributed by atoms with Crippen LogP contribution in [0.25, 0.3) is 0 Å². The van der Waals surface area contributed by atoms with E-state index in [9.17, 15) is 8.42 Å². The molecule has 5 heteroatoms. The van der Waals surface area contributed by atoms with E-state index < -0.39 is 10.3 Å². The second-order valence-corrected chi connectivity index (χ2v) is 10.4. The number of nitrogens with one attached hydrogen (secondary N) is 2. The highest BCUT2D eigenvalue weighted by Gasteiger charge is 2.01. The molecule has 0 heterocycles. The Bertz CT molecular complexity index is 468. The molecule has 0 aliphatic heterocycles. The molecule has 0 bridgehead atoms. The van der Waals surface area contributed by atoms with Gasteiger partial charge in [0.15, 0.2) is 5.11 Å². The van der Waals surface area contributed by atoms with Gasteiger partial charge < -0.3 is 0 Å². The van der Waals surface area contributed by atoms with Crippen LogP contribution < -0.4 is 10.6 Å². The van der Waals surface area contributed by atoms with Crippen LogP contribution in [0.2, 0.25) is 0 Å². The van der Waals surface area contributed by atoms with Crippen molar-refractivity contribution in [3.05, 3.63) is 0 Å². The zero-order valence-electron chi connectivity index (χ0n) is 21.7. The highest BCUT2D eigenvalue weighted by Crippen LogP contribution is 2.12. The van der Waals surface area contributed by atoms with Crippen LogP contribution >= 0.6 is 0 Å². The summed E-state index contributed by atoms with van der Waals surface area (Å²) in [6.45, 7) is 6.01. The Balaban J connectivity index is 3.47. The summed E-state index contributed by atoms with van der Waals surface area (Å²) < 4.78 is 22.8. The lowest BCUT2D eigenvalue weighted by Gasteiger charge is -2.08. The van der Waals surface area contributed by atoms with Crippen molar-refractivity contribution in [1.29, 1.82) is 0 Å². The molecule has 0 spiro atoms. The summed E-state index contributed by atoms with van der Waals surface area (Å²) in [5.74, 6) is 0. The van der Waals surface area contributed by atoms with E-state index in [0.717, 1.165) is 25.9 Å². The summed E-state index contributed by atoms with van der Waals surface area (Å²) in [6, 6.07) is 0. The number of hydrogen-bond donors (Lipinski definition) is 2. The molecule has 0 aliphatic carbocycles. The molecule has 0 saturated carbocycles. The lowest BCUT2D eigenvalue weighted by Crippen LogP contribution is -2.38. The molecule has 0 amide bonds. The maximum Gasteiger partial charge on any atom is 0.244 e. The fourth-order valence-corrected chi connectivity index (χ4v) is 4.60. The van der Waals surface area contributed by atoms with E-state index in [1.165, 1.54) is 128 Å². The Morgan fingerprint density at radius 1 is 0.438 bits per heavy atom. The van der Waals surface area contributed by atoms with Crippen molar-refractivity contribution in [2.45, 2.75) is 155 Å². The third-order valence-corrected chi connectivity index (χ3v) is 6.92. The third kappa shape index (κ3) is 24.3. The molecule has 0 unspecified atom stereocenters. The summed E-state index contributed by atoms with van der Waals surface area (Å²) >= 11 is 0. The van der Waals surface area contributed by atoms with Gasteiger partial charge >= 0.3 is 0 Å². The van der Waals surface area contributed by atoms with Gasteiger partial charge in [-0.15, -0.1) is 0 Å². The van der Waals surface area contributed by atoms with Gasteiger partial charge in [0.25, 0.3) is 0 Å². The molecule has 4 nitrogen and oxygen atoms in total. The van der Waals surface area contributed by atoms with Crippen LogP contribution in [-0.4, -0.2) is 26.6 Å². The Morgan fingerprint density at radius 3 is 0.938 bits per heavy atom. The summed E-state index contributed by atoms with van der Waals surface area (Å²) in [4.78, 5) is 0. The van der Waals surface area contributed by atoms with Gasteiger partial charge in [-0.3, -0.25) is 10.6 Å². The van der Waals surface area contributed by atoms with Gasteiger partial charge in [-0.25, -0.2) is 0 Å². The zero-order chi connectivity index (χ0) is 23.5. The summed E-state index contributed by atoms with van der Waals surface area (Å²) in [7, 11) is -2.19. The molecule has 0 saturated heterocycles. The van der Waals surface area contributed by atoms with Crippen molar-refractivity contribution in [3.63, 3.8) is 0 Å². The van der Waals surface area contributed by atoms with Crippen LogP contribution in [0, 0.1) is 0 Å². The van der Waals surface area contributed by atoms with Crippen LogP contribution in [0.3, 0.4) is 0 Å². The quantitative estimate of drug-likeness (QED) is 0.111. The lowest BCUT2D eigenvalue weighted by atomic mass is 10.1. The first-order valence-electron chi connectivity index (χ1n) is 14.2. The summed E-state index contributed by atoms with van der Waals surface area (Å²) in [6.07, 6.45) is 28.8. The van der Waals surface area contributed by atoms with Crippen LogP contribution in [-0.2, 0) is 10.3 Å². The van der Waals surface area contributed by atoms with Crippen LogP contribution in [0.5, 0.6) is 0 Å². The zero-order valence-corrected chi connectivity index (χ0v) is 22.5. The molecule has 0 radical (unpaired) electrons. The van der Waals surface area contributed by atoms with Gasteiger partial charge in [0.2, 0.25) is 10.3 Å². The standard InChI is InChI=1S/C27H56N2O2S/c1-3-5-7-9-11-13-15-17-19-21-23-25-28-27(32(30)31)29-26-24-22-20-18-16-14-12-10-8-6-4-2/h28-29H,3-26H2,1-2H3. The Morgan fingerprint density at radius 2 is 0.688 bits per heavy atom. The Hall–Kier alpha value is -0.390. The number of hydrogen-bond acceptors (Lipinski definition) is 2. The molecular formula is C27H56N2O2S. The largest absolute Gasteiger partial charge is 0.266 e. The van der Waals surface area contributed by atoms with Crippen molar-refractivity contribution in [3.8, 4) is 0 Å². The van der Waals surface area contributed by atoms with Gasteiger partial charge in [0, 0.05) is 13.1 Å². The predicted octanol–water partition coefficient (Wildman–Crippen LogP) is 7.75. The molecule has 0 fully saturated rings. The van der Waals surface area contributed by atoms with E-state index in [4.69, 9.17) is 0 Å². The van der Waals surface area contributed by atoms with Crippen LogP contribution in [0.15, 0.2) is 0 Å². The first kappa shape index (κ1) is 31.6. The first-order valence-corrected chi connectivity index (χ1v) is 15.2. The SMILES string of the molecule is CCCCCCCCCCCCCNC(NCCCCCCCCCCCCC)=S(=O)=O. The molecule has 0 aromatic rings. The predicted molar refractivity (Wildman–Crippen MR) is 143 cm³/mol. The number of unbranched alkanes of at least 4 members (excludes halogenated alkanes) is 20. The molecule has 2 N–H and O–H groups in total. The fraction of sp³-hybridized carbons (Fsp3) is 0.963. The fourth-order valence-electron chi connectivity index (χ4n) is 4.16. The first-order chi connectivity index (χ1) is 15.7. The van der Waals surface area contributed by atoms with Gasteiger partial charge in [-0.1, -0.05) is 142 Å². The van der Waals surface area contributed by atoms with E-state index in [-0.39, 0.29) is 5.11 Å². The normalized spacial score (nSPS) is 11.2. The van der Waals surface area contributed by atoms with E-state index in [1.807, 2.05) is 0 Å². The molecular weight excluding hydrogens is 416 g/mol. The van der Waals surface area contributed by atoms with Crippen molar-refractivity contribution >= 4 is 15.4 Å². The van der Waals surface area contributed by atoms with Crippen LogP contribution in [0.4, 0.5) is 0 Å². The molecule has 192 valence electrons. The maximum absolute atomic E-state index is 11.4. The van der Waals surface area contributed by atoms with E-state index >= 15 is 0 Å². The van der Waals surface area contributed by atoms with Gasteiger partial charge in [0.1, 0.15) is 0 Å². The van der Waals surface area contributed by atoms with Crippen LogP contribution in [0.1, 0.15) is 155 Å². The highest BCUT2D eigenvalue weighted by atomic mass is 32.2. The highest BCUT2D eigenvalue weighted by molar-refractivity contribution is 7.72. The Labute approximate surface area is 202 Å². The van der Waals surface area contributed by atoms with Gasteiger partial charge in [-0.05, 0) is 12.8 Å². The van der Waals surface area contributed by atoms with E-state index in [1.54, 1.807) is 0 Å². The lowest BCUT2D eigenvalue weighted by molar-refractivity contribution is 0.545. The molecule has 0 rings (SSSR count). The van der Waals surface area contributed by atoms with Crippen molar-refractivity contribution in [2.24, 2.45) is 0 Å². The summed E-state index contributed by atoms with van der Waals surface area (Å²) in [5.41, 5.74) is 0. The third-order valence-electron chi connectivity index (χ3n) is 6.30. The average molecular weight is 473 g/mol. The van der Waals surface area contributed by atoms with Gasteiger partial charge in [0.05, 0.1) is 0 Å². The molecule has 0 aliphatic rings. The van der Waals surface area contributed by atoms with E-state index in [0.29, 0.717) is 0 Å². The molecule has 0 aromatic carbocycles.